The molecule has 0 aliphatic carbocycles. The summed E-state index contributed by atoms with van der Waals surface area (Å²) in [5, 5.41) is 5.47. The molecule has 1 aliphatic rings. The number of ether oxygens (including phenoxy) is 1. The van der Waals surface area contributed by atoms with E-state index in [0.717, 1.165) is 36.2 Å². The fourth-order valence-corrected chi connectivity index (χ4v) is 4.65. The highest BCUT2D eigenvalue weighted by Crippen LogP contribution is 2.20. The number of pyridine rings is 1. The van der Waals surface area contributed by atoms with Gasteiger partial charge >= 0.3 is 5.97 Å². The highest BCUT2D eigenvalue weighted by atomic mass is 16.5. The van der Waals surface area contributed by atoms with Gasteiger partial charge in [-0.05, 0) is 49.7 Å². The fraction of sp³-hybridized carbons (Fsp3) is 0.286. The summed E-state index contributed by atoms with van der Waals surface area (Å²) in [6.07, 6.45) is 3.35. The van der Waals surface area contributed by atoms with E-state index in [2.05, 4.69) is 39.2 Å². The van der Waals surface area contributed by atoms with Gasteiger partial charge < -0.3 is 9.64 Å². The molecular weight excluding hydrogens is 454 g/mol. The minimum absolute atomic E-state index is 0.0254. The number of rotatable bonds is 6. The molecule has 0 radical (unpaired) electrons. The second kappa shape index (κ2) is 10.3. The molecule has 8 nitrogen and oxygen atoms in total. The Labute approximate surface area is 210 Å². The van der Waals surface area contributed by atoms with Crippen LogP contribution >= 0.6 is 0 Å². The van der Waals surface area contributed by atoms with Gasteiger partial charge in [-0.2, -0.15) is 5.10 Å². The molecule has 8 heteroatoms. The second-order valence-corrected chi connectivity index (χ2v) is 8.88. The third-order valence-corrected chi connectivity index (χ3v) is 6.63. The molecule has 4 aromatic rings. The van der Waals surface area contributed by atoms with E-state index in [9.17, 15) is 9.59 Å². The molecule has 0 unspecified atom stereocenters. The molecule has 1 amide bonds. The Balaban J connectivity index is 1.21. The van der Waals surface area contributed by atoms with E-state index in [1.54, 1.807) is 11.6 Å². The number of carbonyl (C=O) groups excluding carboxylic acids is 2. The zero-order chi connectivity index (χ0) is 25.1. The van der Waals surface area contributed by atoms with E-state index in [1.165, 1.54) is 11.8 Å². The molecule has 0 atom stereocenters. The van der Waals surface area contributed by atoms with Crippen molar-refractivity contribution in [3.63, 3.8) is 0 Å². The summed E-state index contributed by atoms with van der Waals surface area (Å²) in [6, 6.07) is 17.7. The number of para-hydroxylation sites is 1. The van der Waals surface area contributed by atoms with Gasteiger partial charge in [-0.15, -0.1) is 0 Å². The van der Waals surface area contributed by atoms with Crippen molar-refractivity contribution in [2.24, 2.45) is 0 Å². The van der Waals surface area contributed by atoms with Crippen LogP contribution in [0.3, 0.4) is 0 Å². The Morgan fingerprint density at radius 3 is 2.47 bits per heavy atom. The fourth-order valence-electron chi connectivity index (χ4n) is 4.65. The summed E-state index contributed by atoms with van der Waals surface area (Å²) in [7, 11) is 0. The van der Waals surface area contributed by atoms with Crippen molar-refractivity contribution in [2.45, 2.75) is 20.4 Å². The van der Waals surface area contributed by atoms with Crippen molar-refractivity contribution in [2.75, 3.05) is 32.8 Å². The summed E-state index contributed by atoms with van der Waals surface area (Å²) >= 11 is 0. The molecule has 2 aromatic carbocycles. The lowest BCUT2D eigenvalue weighted by atomic mass is 10.1. The first kappa shape index (κ1) is 23.7. The van der Waals surface area contributed by atoms with Gasteiger partial charge in [-0.3, -0.25) is 14.7 Å². The van der Waals surface area contributed by atoms with Crippen LogP contribution in [0.15, 0.2) is 67.0 Å². The third kappa shape index (κ3) is 4.72. The number of aromatic nitrogens is 3. The van der Waals surface area contributed by atoms with Crippen LogP contribution in [0.2, 0.25) is 0 Å². The van der Waals surface area contributed by atoms with Crippen molar-refractivity contribution in [3.8, 4) is 5.69 Å². The van der Waals surface area contributed by atoms with E-state index in [0.29, 0.717) is 36.5 Å². The van der Waals surface area contributed by atoms with Crippen molar-refractivity contribution in [3.05, 3.63) is 89.4 Å². The zero-order valence-electron chi connectivity index (χ0n) is 20.6. The Morgan fingerprint density at radius 1 is 0.972 bits per heavy atom. The van der Waals surface area contributed by atoms with Crippen molar-refractivity contribution < 1.29 is 14.3 Å². The van der Waals surface area contributed by atoms with Gasteiger partial charge in [0, 0.05) is 49.9 Å². The molecule has 184 valence electrons. The molecule has 0 bridgehead atoms. The molecule has 3 heterocycles. The van der Waals surface area contributed by atoms with Gasteiger partial charge in [0.15, 0.2) is 0 Å². The monoisotopic (exact) mass is 483 g/mol. The number of nitrogens with zero attached hydrogens (tertiary/aromatic N) is 5. The van der Waals surface area contributed by atoms with Gasteiger partial charge in [0.25, 0.3) is 5.91 Å². The lowest BCUT2D eigenvalue weighted by Crippen LogP contribution is -2.48. The van der Waals surface area contributed by atoms with E-state index < -0.39 is 0 Å². The first-order valence-corrected chi connectivity index (χ1v) is 12.2. The van der Waals surface area contributed by atoms with Crippen LogP contribution in [0.4, 0.5) is 0 Å². The molecule has 1 aliphatic heterocycles. The maximum atomic E-state index is 13.1. The van der Waals surface area contributed by atoms with Crippen molar-refractivity contribution >= 4 is 22.8 Å². The summed E-state index contributed by atoms with van der Waals surface area (Å²) in [4.78, 5) is 34.1. The topological polar surface area (TPSA) is 80.6 Å². The van der Waals surface area contributed by atoms with E-state index in [1.807, 2.05) is 48.4 Å². The predicted octanol–water partition coefficient (Wildman–Crippen LogP) is 3.86. The molecule has 0 saturated carbocycles. The molecule has 5 rings (SSSR count). The molecule has 1 fully saturated rings. The quantitative estimate of drug-likeness (QED) is 0.388. The number of esters is 1. The number of amides is 1. The Hall–Kier alpha value is -4.04. The van der Waals surface area contributed by atoms with E-state index >= 15 is 0 Å². The lowest BCUT2D eigenvalue weighted by molar-refractivity contribution is 0.0525. The lowest BCUT2D eigenvalue weighted by Gasteiger charge is -2.35. The van der Waals surface area contributed by atoms with Crippen LogP contribution in [0.25, 0.3) is 16.6 Å². The molecule has 36 heavy (non-hydrogen) atoms. The maximum Gasteiger partial charge on any atom is 0.341 e. The number of hydrogen-bond acceptors (Lipinski definition) is 6. The number of hydrogen-bond donors (Lipinski definition) is 0. The number of benzene rings is 2. The number of carbonyl (C=O) groups is 2. The molecule has 0 N–H and O–H groups in total. The van der Waals surface area contributed by atoms with Crippen LogP contribution in [0.5, 0.6) is 0 Å². The van der Waals surface area contributed by atoms with Gasteiger partial charge in [0.1, 0.15) is 5.56 Å². The highest BCUT2D eigenvalue weighted by molar-refractivity contribution is 5.94. The normalized spacial score (nSPS) is 14.2. The largest absolute Gasteiger partial charge is 0.462 e. The standard InChI is InChI=1S/C28H29N5O3/c1-3-36-28(35)25-18-30-33(20(25)2)24-11-9-22(10-12-24)27(34)32-16-14-31(15-17-32)19-23-7-4-6-21-8-5-13-29-26(21)23/h4-13,18H,3,14-17,19H2,1-2H3. The Kier molecular flexibility index (Phi) is 6.77. The average molecular weight is 484 g/mol. The average Bonchev–Trinajstić information content (AvgIpc) is 3.30. The van der Waals surface area contributed by atoms with Gasteiger partial charge in [0.05, 0.1) is 29.7 Å². The van der Waals surface area contributed by atoms with Crippen LogP contribution in [0.1, 0.15) is 38.9 Å². The summed E-state index contributed by atoms with van der Waals surface area (Å²) in [5.74, 6) is -0.360. The summed E-state index contributed by atoms with van der Waals surface area (Å²) in [6.45, 7) is 7.73. The van der Waals surface area contributed by atoms with Crippen LogP contribution in [0, 0.1) is 6.92 Å². The first-order chi connectivity index (χ1) is 17.5. The second-order valence-electron chi connectivity index (χ2n) is 8.88. The number of piperazine rings is 1. The van der Waals surface area contributed by atoms with Crippen LogP contribution < -0.4 is 0 Å². The number of fused-ring (bicyclic) bond motifs is 1. The highest BCUT2D eigenvalue weighted by Gasteiger charge is 2.23. The van der Waals surface area contributed by atoms with Crippen molar-refractivity contribution in [1.29, 1.82) is 0 Å². The molecular formula is C28H29N5O3. The Bertz CT molecular complexity index is 1380. The van der Waals surface area contributed by atoms with Gasteiger partial charge in [-0.25, -0.2) is 9.48 Å². The SMILES string of the molecule is CCOC(=O)c1cnn(-c2ccc(C(=O)N3CCN(Cc4cccc5cccnc45)CC3)cc2)c1C. The third-order valence-electron chi connectivity index (χ3n) is 6.63. The van der Waals surface area contributed by atoms with E-state index in [4.69, 9.17) is 4.74 Å². The van der Waals surface area contributed by atoms with Gasteiger partial charge in [-0.1, -0.05) is 24.3 Å². The first-order valence-electron chi connectivity index (χ1n) is 12.2. The van der Waals surface area contributed by atoms with Gasteiger partial charge in [0.2, 0.25) is 0 Å². The molecule has 1 saturated heterocycles. The molecule has 0 spiro atoms. The zero-order valence-corrected chi connectivity index (χ0v) is 20.6. The molecule has 2 aromatic heterocycles. The minimum atomic E-state index is -0.385. The van der Waals surface area contributed by atoms with Crippen LogP contribution in [-0.4, -0.2) is 69.2 Å². The predicted molar refractivity (Wildman–Crippen MR) is 137 cm³/mol. The van der Waals surface area contributed by atoms with Crippen LogP contribution in [-0.2, 0) is 11.3 Å². The summed E-state index contributed by atoms with van der Waals surface area (Å²) in [5.41, 5.74) is 4.82. The van der Waals surface area contributed by atoms with Crippen molar-refractivity contribution in [1.82, 2.24) is 24.6 Å². The van der Waals surface area contributed by atoms with E-state index in [-0.39, 0.29) is 11.9 Å². The minimum Gasteiger partial charge on any atom is -0.462 e. The smallest absolute Gasteiger partial charge is 0.341 e. The Morgan fingerprint density at radius 2 is 1.72 bits per heavy atom. The maximum absolute atomic E-state index is 13.1. The summed E-state index contributed by atoms with van der Waals surface area (Å²) < 4.78 is 6.77.